The molecule has 3 aliphatic heterocycles. The van der Waals surface area contributed by atoms with E-state index in [1.807, 2.05) is 20.0 Å². The van der Waals surface area contributed by atoms with Gasteiger partial charge in [0.05, 0.1) is 25.8 Å². The Balaban J connectivity index is 1.36. The first-order valence-corrected chi connectivity index (χ1v) is 13.1. The number of carbonyl (C=O) groups excluding carboxylic acids is 3. The molecule has 2 atom stereocenters. The number of amides is 3. The molecular weight excluding hydrogens is 466 g/mol. The summed E-state index contributed by atoms with van der Waals surface area (Å²) in [6.45, 7) is 4.68. The van der Waals surface area contributed by atoms with Gasteiger partial charge in [-0.05, 0) is 29.7 Å². The van der Waals surface area contributed by atoms with Crippen molar-refractivity contribution in [2.75, 3.05) is 26.3 Å². The summed E-state index contributed by atoms with van der Waals surface area (Å²) in [6, 6.07) is 6.85. The Morgan fingerprint density at radius 1 is 1.11 bits per heavy atom. The third kappa shape index (κ3) is 4.97. The number of morpholine rings is 1. The highest BCUT2D eigenvalue weighted by Gasteiger charge is 2.40. The summed E-state index contributed by atoms with van der Waals surface area (Å²) in [5, 5.41) is 2.36. The van der Waals surface area contributed by atoms with Gasteiger partial charge in [0.2, 0.25) is 11.8 Å². The van der Waals surface area contributed by atoms with Crippen molar-refractivity contribution < 1.29 is 23.9 Å². The maximum absolute atomic E-state index is 13.2. The average molecular weight is 497 g/mol. The Morgan fingerprint density at radius 3 is 2.59 bits per heavy atom. The quantitative estimate of drug-likeness (QED) is 0.322. The third-order valence-electron chi connectivity index (χ3n) is 8.06. The summed E-state index contributed by atoms with van der Waals surface area (Å²) in [5.74, 6) is -0.245. The molecule has 3 heterocycles. The van der Waals surface area contributed by atoms with Crippen LogP contribution in [0.4, 0.5) is 0 Å². The highest BCUT2D eigenvalue weighted by atomic mass is 16.5. The fourth-order valence-electron chi connectivity index (χ4n) is 5.74. The summed E-state index contributed by atoms with van der Waals surface area (Å²) in [6.07, 6.45) is 0.571. The van der Waals surface area contributed by atoms with Crippen LogP contribution in [0, 0.1) is 0 Å². The molecule has 2 aromatic carbocycles. The summed E-state index contributed by atoms with van der Waals surface area (Å²) >= 11 is 0. The SMILES string of the molecule is Bc1cc(C(B)Oc2cccc3c2CN(C2CCC(=O)NC2=O)C3=O)c(B)c(B)c1CN1CCOCC1. The van der Waals surface area contributed by atoms with E-state index in [1.54, 1.807) is 11.0 Å². The number of hydrogen-bond acceptors (Lipinski definition) is 6. The second-order valence-corrected chi connectivity index (χ2v) is 10.3. The lowest BCUT2D eigenvalue weighted by Gasteiger charge is -2.30. The number of carbonyl (C=O) groups is 3. The molecule has 1 N–H and O–H groups in total. The molecule has 2 unspecified atom stereocenters. The molecule has 0 radical (unpaired) electrons. The fourth-order valence-corrected chi connectivity index (χ4v) is 5.74. The lowest BCUT2D eigenvalue weighted by Crippen LogP contribution is -2.52. The van der Waals surface area contributed by atoms with E-state index >= 15 is 0 Å². The monoisotopic (exact) mass is 497 g/mol. The average Bonchev–Trinajstić information content (AvgIpc) is 3.21. The van der Waals surface area contributed by atoms with Crippen LogP contribution in [0.2, 0.25) is 0 Å². The lowest BCUT2D eigenvalue weighted by atomic mass is 9.68. The van der Waals surface area contributed by atoms with Crippen molar-refractivity contribution in [3.63, 3.8) is 0 Å². The second-order valence-electron chi connectivity index (χ2n) is 10.3. The second kappa shape index (κ2) is 10.4. The lowest BCUT2D eigenvalue weighted by molar-refractivity contribution is -0.136. The fraction of sp³-hybridized carbons (Fsp3) is 0.400. The van der Waals surface area contributed by atoms with Crippen molar-refractivity contribution in [1.29, 1.82) is 0 Å². The molecule has 3 amide bonds. The molecule has 0 aromatic heterocycles. The first kappa shape index (κ1) is 25.7. The number of piperidine rings is 1. The zero-order valence-corrected chi connectivity index (χ0v) is 22.1. The first-order valence-electron chi connectivity index (χ1n) is 13.1. The highest BCUT2D eigenvalue weighted by Crippen LogP contribution is 2.35. The van der Waals surface area contributed by atoms with Gasteiger partial charge in [-0.25, -0.2) is 0 Å². The van der Waals surface area contributed by atoms with Crippen LogP contribution in [0.15, 0.2) is 24.3 Å². The zero-order chi connectivity index (χ0) is 26.3. The largest absolute Gasteiger partial charge is 0.495 e. The third-order valence-corrected chi connectivity index (χ3v) is 8.06. The Bertz CT molecular complexity index is 1270. The van der Waals surface area contributed by atoms with Crippen LogP contribution in [0.25, 0.3) is 0 Å². The van der Waals surface area contributed by atoms with Gasteiger partial charge in [-0.2, -0.15) is 0 Å². The van der Waals surface area contributed by atoms with Crippen molar-refractivity contribution in [3.8, 4) is 5.75 Å². The topological polar surface area (TPSA) is 88.2 Å². The molecule has 37 heavy (non-hydrogen) atoms. The van der Waals surface area contributed by atoms with Gasteiger partial charge in [0.15, 0.2) is 7.85 Å². The van der Waals surface area contributed by atoms with Gasteiger partial charge in [0.25, 0.3) is 5.91 Å². The Hall–Kier alpha value is -2.97. The van der Waals surface area contributed by atoms with Crippen LogP contribution in [-0.2, 0) is 27.4 Å². The van der Waals surface area contributed by atoms with E-state index in [2.05, 4.69) is 39.8 Å². The Kier molecular flexibility index (Phi) is 7.23. The van der Waals surface area contributed by atoms with E-state index in [0.29, 0.717) is 24.3 Å². The van der Waals surface area contributed by atoms with Crippen molar-refractivity contribution >= 4 is 65.5 Å². The van der Waals surface area contributed by atoms with Gasteiger partial charge in [-0.1, -0.05) is 28.5 Å². The van der Waals surface area contributed by atoms with Gasteiger partial charge < -0.3 is 14.4 Å². The smallest absolute Gasteiger partial charge is 0.255 e. The predicted octanol–water partition coefficient (Wildman–Crippen LogP) is -4.23. The number of fused-ring (bicyclic) bond motifs is 1. The van der Waals surface area contributed by atoms with Crippen molar-refractivity contribution in [3.05, 3.63) is 46.5 Å². The normalized spacial score (nSPS) is 21.0. The molecule has 2 saturated heterocycles. The van der Waals surface area contributed by atoms with E-state index in [0.717, 1.165) is 44.0 Å². The molecule has 188 valence electrons. The standard InChI is InChI=1S/C25H31B4N3O5/c26-17-10-14(21(27)22(28)16(17)11-31-6-8-36-9-7-31)23(29)37-19-3-1-2-13-15(19)12-32(25(13)35)18-4-5-20(33)30-24(18)34/h1-3,10,18,23H,4-9,11-12,26-29H2,(H,30,33,34). The maximum atomic E-state index is 13.2. The van der Waals surface area contributed by atoms with E-state index < -0.39 is 11.9 Å². The molecule has 0 spiro atoms. The van der Waals surface area contributed by atoms with Crippen LogP contribution in [0.3, 0.4) is 0 Å². The van der Waals surface area contributed by atoms with Crippen LogP contribution in [-0.4, -0.2) is 91.3 Å². The zero-order valence-electron chi connectivity index (χ0n) is 22.1. The predicted molar refractivity (Wildman–Crippen MR) is 151 cm³/mol. The number of imide groups is 1. The van der Waals surface area contributed by atoms with E-state index in [4.69, 9.17) is 9.47 Å². The van der Waals surface area contributed by atoms with Crippen LogP contribution in [0.1, 0.15) is 45.9 Å². The van der Waals surface area contributed by atoms with Gasteiger partial charge >= 0.3 is 0 Å². The van der Waals surface area contributed by atoms with E-state index in [-0.39, 0.29) is 24.2 Å². The molecule has 0 bridgehead atoms. The van der Waals surface area contributed by atoms with Gasteiger partial charge in [-0.15, -0.1) is 0 Å². The minimum atomic E-state index is -0.644. The number of nitrogens with one attached hydrogen (secondary N) is 1. The molecular formula is C25H31B4N3O5. The minimum absolute atomic E-state index is 0.196. The summed E-state index contributed by atoms with van der Waals surface area (Å²) in [5.41, 5.74) is 7.59. The Morgan fingerprint density at radius 2 is 1.86 bits per heavy atom. The van der Waals surface area contributed by atoms with Gasteiger partial charge in [0, 0.05) is 37.2 Å². The summed E-state index contributed by atoms with van der Waals surface area (Å²) in [7, 11) is 8.54. The van der Waals surface area contributed by atoms with E-state index in [1.165, 1.54) is 22.0 Å². The maximum Gasteiger partial charge on any atom is 0.255 e. The van der Waals surface area contributed by atoms with Crippen LogP contribution >= 0.6 is 0 Å². The molecule has 2 aromatic rings. The first-order chi connectivity index (χ1) is 17.7. The molecule has 0 saturated carbocycles. The van der Waals surface area contributed by atoms with Crippen molar-refractivity contribution in [1.82, 2.24) is 15.1 Å². The Labute approximate surface area is 221 Å². The minimum Gasteiger partial charge on any atom is -0.495 e. The molecule has 12 heteroatoms. The molecule has 3 aliphatic rings. The molecule has 0 aliphatic carbocycles. The van der Waals surface area contributed by atoms with Gasteiger partial charge in [0.1, 0.15) is 35.3 Å². The summed E-state index contributed by atoms with van der Waals surface area (Å²) in [4.78, 5) is 41.2. The number of hydrogen-bond donors (Lipinski definition) is 1. The number of rotatable bonds is 6. The van der Waals surface area contributed by atoms with Crippen LogP contribution in [0.5, 0.6) is 5.75 Å². The van der Waals surface area contributed by atoms with Crippen molar-refractivity contribution in [2.45, 2.75) is 38.0 Å². The van der Waals surface area contributed by atoms with Crippen molar-refractivity contribution in [2.24, 2.45) is 0 Å². The number of benzene rings is 2. The molecule has 8 nitrogen and oxygen atoms in total. The van der Waals surface area contributed by atoms with Gasteiger partial charge in [-0.3, -0.25) is 24.6 Å². The van der Waals surface area contributed by atoms with Crippen LogP contribution < -0.4 is 26.4 Å². The molecule has 2 fully saturated rings. The number of nitrogens with zero attached hydrogens (tertiary/aromatic N) is 2. The molecule has 5 rings (SSSR count). The van der Waals surface area contributed by atoms with E-state index in [9.17, 15) is 14.4 Å². The highest BCUT2D eigenvalue weighted by molar-refractivity contribution is 6.52. The number of ether oxygens (including phenoxy) is 2. The summed E-state index contributed by atoms with van der Waals surface area (Å²) < 4.78 is 12.0.